The fourth-order valence-corrected chi connectivity index (χ4v) is 5.35. The fraction of sp³-hybridized carbons (Fsp3) is 0.440. The first-order valence-corrected chi connectivity index (χ1v) is 12.3. The largest absolute Gasteiger partial charge is 0.376 e. The lowest BCUT2D eigenvalue weighted by atomic mass is 10.2. The summed E-state index contributed by atoms with van der Waals surface area (Å²) in [5.74, 6) is -0.0520. The van der Waals surface area contributed by atoms with E-state index in [1.165, 1.54) is 0 Å². The molecule has 7 heteroatoms. The maximum Gasteiger partial charge on any atom is 0.253 e. The molecule has 2 aliphatic heterocycles. The van der Waals surface area contributed by atoms with E-state index in [0.717, 1.165) is 73.1 Å². The summed E-state index contributed by atoms with van der Waals surface area (Å²) in [6.07, 6.45) is 4.50. The Kier molecular flexibility index (Phi) is 6.39. The Bertz CT molecular complexity index is 1060. The van der Waals surface area contributed by atoms with Gasteiger partial charge in [-0.2, -0.15) is 0 Å². The van der Waals surface area contributed by atoms with Gasteiger partial charge < -0.3 is 19.4 Å². The van der Waals surface area contributed by atoms with E-state index >= 15 is 0 Å². The van der Waals surface area contributed by atoms with Gasteiger partial charge >= 0.3 is 0 Å². The molecule has 1 N–H and O–H groups in total. The SMILES string of the molecule is Cc1c(C(=O)NCC2CCCO2)cc(-c2csc(-c3ccccc3)n2)n1CC1CCCO1. The molecule has 4 heterocycles. The van der Waals surface area contributed by atoms with E-state index in [-0.39, 0.29) is 18.1 Å². The Hall–Kier alpha value is -2.48. The molecule has 2 saturated heterocycles. The average Bonchev–Trinajstić information content (AvgIpc) is 3.62. The van der Waals surface area contributed by atoms with Gasteiger partial charge in [-0.15, -0.1) is 11.3 Å². The number of carbonyl (C=O) groups excluding carboxylic acids is 1. The monoisotopic (exact) mass is 451 g/mol. The van der Waals surface area contributed by atoms with Crippen molar-refractivity contribution < 1.29 is 14.3 Å². The van der Waals surface area contributed by atoms with Crippen molar-refractivity contribution in [2.24, 2.45) is 0 Å². The molecule has 168 valence electrons. The molecular formula is C25H29N3O3S. The standard InChI is InChI=1S/C25H29N3O3S/c1-17-21(24(29)26-14-19-9-5-11-30-19)13-23(28(17)15-20-10-6-12-31-20)22-16-32-25(27-22)18-7-3-2-4-8-18/h2-4,7-8,13,16,19-20H,5-6,9-12,14-15H2,1H3,(H,26,29). The van der Waals surface area contributed by atoms with Crippen LogP contribution in [0.4, 0.5) is 0 Å². The van der Waals surface area contributed by atoms with Crippen LogP contribution in [0.15, 0.2) is 41.8 Å². The van der Waals surface area contributed by atoms with Gasteiger partial charge in [-0.1, -0.05) is 30.3 Å². The number of nitrogens with one attached hydrogen (secondary N) is 1. The Morgan fingerprint density at radius 2 is 1.91 bits per heavy atom. The van der Waals surface area contributed by atoms with Crippen LogP contribution in [0.2, 0.25) is 0 Å². The van der Waals surface area contributed by atoms with Crippen LogP contribution in [0.3, 0.4) is 0 Å². The van der Waals surface area contributed by atoms with Crippen LogP contribution in [0.25, 0.3) is 22.0 Å². The molecule has 1 amide bonds. The lowest BCUT2D eigenvalue weighted by Gasteiger charge is -2.16. The first-order valence-electron chi connectivity index (χ1n) is 11.4. The number of carbonyl (C=O) groups is 1. The molecule has 2 aliphatic rings. The van der Waals surface area contributed by atoms with E-state index in [1.807, 2.05) is 31.2 Å². The van der Waals surface area contributed by atoms with Gasteiger partial charge in [0.05, 0.1) is 29.2 Å². The topological polar surface area (TPSA) is 65.4 Å². The van der Waals surface area contributed by atoms with Crippen molar-refractivity contribution in [2.75, 3.05) is 19.8 Å². The number of hydrogen-bond acceptors (Lipinski definition) is 5. The minimum atomic E-state index is -0.0520. The maximum atomic E-state index is 13.1. The van der Waals surface area contributed by atoms with Gasteiger partial charge in [0, 0.05) is 42.9 Å². The van der Waals surface area contributed by atoms with Crippen molar-refractivity contribution in [3.8, 4) is 22.0 Å². The molecule has 0 saturated carbocycles. The molecule has 2 unspecified atom stereocenters. The number of hydrogen-bond donors (Lipinski definition) is 1. The summed E-state index contributed by atoms with van der Waals surface area (Å²) in [7, 11) is 0. The van der Waals surface area contributed by atoms with Crippen molar-refractivity contribution in [1.29, 1.82) is 0 Å². The molecule has 32 heavy (non-hydrogen) atoms. The summed E-state index contributed by atoms with van der Waals surface area (Å²) in [6, 6.07) is 12.2. The third-order valence-electron chi connectivity index (χ3n) is 6.32. The van der Waals surface area contributed by atoms with E-state index in [2.05, 4.69) is 27.4 Å². The molecule has 2 aromatic heterocycles. The van der Waals surface area contributed by atoms with Gasteiger partial charge in [0.2, 0.25) is 0 Å². The molecule has 5 rings (SSSR count). The normalized spacial score (nSPS) is 20.7. The van der Waals surface area contributed by atoms with Gasteiger partial charge in [0.1, 0.15) is 5.01 Å². The van der Waals surface area contributed by atoms with E-state index in [1.54, 1.807) is 11.3 Å². The van der Waals surface area contributed by atoms with Crippen molar-refractivity contribution in [3.05, 3.63) is 53.0 Å². The lowest BCUT2D eigenvalue weighted by Crippen LogP contribution is -2.32. The molecule has 2 atom stereocenters. The summed E-state index contributed by atoms with van der Waals surface area (Å²) in [4.78, 5) is 18.0. The first kappa shape index (κ1) is 21.4. The number of nitrogens with zero attached hydrogens (tertiary/aromatic N) is 2. The van der Waals surface area contributed by atoms with Gasteiger partial charge in [0.25, 0.3) is 5.91 Å². The van der Waals surface area contributed by atoms with Crippen LogP contribution >= 0.6 is 11.3 Å². The molecule has 2 fully saturated rings. The van der Waals surface area contributed by atoms with Gasteiger partial charge in [0.15, 0.2) is 0 Å². The zero-order chi connectivity index (χ0) is 21.9. The molecule has 0 radical (unpaired) electrons. The highest BCUT2D eigenvalue weighted by molar-refractivity contribution is 7.13. The second kappa shape index (κ2) is 9.57. The number of ether oxygens (including phenoxy) is 2. The van der Waals surface area contributed by atoms with Crippen molar-refractivity contribution in [3.63, 3.8) is 0 Å². The predicted octanol–water partition coefficient (Wildman–Crippen LogP) is 4.67. The lowest BCUT2D eigenvalue weighted by molar-refractivity contribution is 0.0855. The molecule has 1 aromatic carbocycles. The molecule has 0 spiro atoms. The quantitative estimate of drug-likeness (QED) is 0.567. The van der Waals surface area contributed by atoms with Crippen LogP contribution in [0.1, 0.15) is 41.7 Å². The predicted molar refractivity (Wildman–Crippen MR) is 126 cm³/mol. The van der Waals surface area contributed by atoms with Gasteiger partial charge in [-0.3, -0.25) is 4.79 Å². The maximum absolute atomic E-state index is 13.1. The number of amides is 1. The van der Waals surface area contributed by atoms with Crippen molar-refractivity contribution >= 4 is 17.2 Å². The Balaban J connectivity index is 1.44. The van der Waals surface area contributed by atoms with E-state index in [9.17, 15) is 4.79 Å². The average molecular weight is 452 g/mol. The second-order valence-corrected chi connectivity index (χ2v) is 9.38. The molecule has 3 aromatic rings. The number of aromatic nitrogens is 2. The minimum absolute atomic E-state index is 0.0520. The zero-order valence-electron chi connectivity index (χ0n) is 18.4. The van der Waals surface area contributed by atoms with Crippen LogP contribution in [-0.2, 0) is 16.0 Å². The minimum Gasteiger partial charge on any atom is -0.376 e. The molecule has 0 aliphatic carbocycles. The van der Waals surface area contributed by atoms with Crippen LogP contribution < -0.4 is 5.32 Å². The summed E-state index contributed by atoms with van der Waals surface area (Å²) in [5.41, 5.74) is 4.62. The number of thiazole rings is 1. The third-order valence-corrected chi connectivity index (χ3v) is 7.21. The highest BCUT2D eigenvalue weighted by Gasteiger charge is 2.25. The summed E-state index contributed by atoms with van der Waals surface area (Å²) < 4.78 is 13.8. The number of rotatable bonds is 7. The highest BCUT2D eigenvalue weighted by Crippen LogP contribution is 2.32. The van der Waals surface area contributed by atoms with Crippen LogP contribution in [0.5, 0.6) is 0 Å². The first-order chi connectivity index (χ1) is 15.7. The smallest absolute Gasteiger partial charge is 0.253 e. The van der Waals surface area contributed by atoms with Gasteiger partial charge in [-0.25, -0.2) is 4.98 Å². The molecular weight excluding hydrogens is 422 g/mol. The summed E-state index contributed by atoms with van der Waals surface area (Å²) in [6.45, 7) is 4.90. The summed E-state index contributed by atoms with van der Waals surface area (Å²) >= 11 is 1.63. The van der Waals surface area contributed by atoms with Gasteiger partial charge in [-0.05, 0) is 38.7 Å². The molecule has 0 bridgehead atoms. The van der Waals surface area contributed by atoms with Crippen LogP contribution in [-0.4, -0.2) is 47.4 Å². The third kappa shape index (κ3) is 4.51. The van der Waals surface area contributed by atoms with Crippen molar-refractivity contribution in [2.45, 2.75) is 51.4 Å². The Morgan fingerprint density at radius 3 is 2.62 bits per heavy atom. The fourth-order valence-electron chi connectivity index (χ4n) is 4.53. The van der Waals surface area contributed by atoms with E-state index < -0.39 is 0 Å². The Labute approximate surface area is 192 Å². The zero-order valence-corrected chi connectivity index (χ0v) is 19.2. The molecule has 6 nitrogen and oxygen atoms in total. The summed E-state index contributed by atoms with van der Waals surface area (Å²) in [5, 5.41) is 6.13. The second-order valence-electron chi connectivity index (χ2n) is 8.52. The van der Waals surface area contributed by atoms with Crippen molar-refractivity contribution in [1.82, 2.24) is 14.9 Å². The van der Waals surface area contributed by atoms with E-state index in [0.29, 0.717) is 12.1 Å². The Morgan fingerprint density at radius 1 is 1.16 bits per heavy atom. The number of benzene rings is 1. The van der Waals surface area contributed by atoms with Crippen LogP contribution in [0, 0.1) is 6.92 Å². The van der Waals surface area contributed by atoms with E-state index in [4.69, 9.17) is 14.5 Å². The highest BCUT2D eigenvalue weighted by atomic mass is 32.1.